The molecule has 0 saturated carbocycles. The van der Waals surface area contributed by atoms with Gasteiger partial charge in [0.25, 0.3) is 5.91 Å². The Morgan fingerprint density at radius 2 is 1.92 bits per heavy atom. The van der Waals surface area contributed by atoms with Crippen molar-refractivity contribution in [1.29, 1.82) is 0 Å². The summed E-state index contributed by atoms with van der Waals surface area (Å²) in [5.41, 5.74) is 0.992. The number of amides is 2. The zero-order valence-corrected chi connectivity index (χ0v) is 14.6. The summed E-state index contributed by atoms with van der Waals surface area (Å²) in [6.07, 6.45) is 0.325. The van der Waals surface area contributed by atoms with Gasteiger partial charge in [0.1, 0.15) is 5.82 Å². The Morgan fingerprint density at radius 1 is 1.20 bits per heavy atom. The van der Waals surface area contributed by atoms with Gasteiger partial charge in [0.15, 0.2) is 0 Å². The van der Waals surface area contributed by atoms with E-state index in [1.54, 1.807) is 29.2 Å². The Labute approximate surface area is 154 Å². The second-order valence-corrected chi connectivity index (χ2v) is 6.73. The van der Waals surface area contributed by atoms with Crippen LogP contribution in [0.2, 0.25) is 10.0 Å². The Bertz CT molecular complexity index is 811. The molecule has 1 aliphatic heterocycles. The lowest BCUT2D eigenvalue weighted by Crippen LogP contribution is -2.31. The highest BCUT2D eigenvalue weighted by atomic mass is 35.5. The lowest BCUT2D eigenvalue weighted by atomic mass is 10.1. The van der Waals surface area contributed by atoms with Crippen molar-refractivity contribution in [3.63, 3.8) is 0 Å². The van der Waals surface area contributed by atoms with Gasteiger partial charge in [0, 0.05) is 36.1 Å². The predicted molar refractivity (Wildman–Crippen MR) is 95.7 cm³/mol. The second-order valence-electron chi connectivity index (χ2n) is 5.89. The molecule has 1 saturated heterocycles. The molecule has 4 nitrogen and oxygen atoms in total. The van der Waals surface area contributed by atoms with Gasteiger partial charge in [0.2, 0.25) is 5.91 Å². The van der Waals surface area contributed by atoms with E-state index < -0.39 is 0 Å². The van der Waals surface area contributed by atoms with E-state index >= 15 is 0 Å². The highest BCUT2D eigenvalue weighted by molar-refractivity contribution is 6.36. The van der Waals surface area contributed by atoms with Crippen molar-refractivity contribution in [3.05, 3.63) is 63.9 Å². The van der Waals surface area contributed by atoms with Crippen LogP contribution in [0.5, 0.6) is 0 Å². The van der Waals surface area contributed by atoms with Crippen LogP contribution in [0.15, 0.2) is 42.5 Å². The fraction of sp³-hybridized carbons (Fsp3) is 0.222. The summed E-state index contributed by atoms with van der Waals surface area (Å²) in [6, 6.07) is 10.4. The molecule has 2 aromatic rings. The molecule has 1 fully saturated rings. The first kappa shape index (κ1) is 17.7. The Hall–Kier alpha value is -2.11. The lowest BCUT2D eigenvalue weighted by Gasteiger charge is -2.17. The number of carbonyl (C=O) groups excluding carboxylic acids is 2. The molecule has 1 atom stereocenters. The molecular weight excluding hydrogens is 366 g/mol. The number of nitrogens with one attached hydrogen (secondary N) is 1. The number of hydrogen-bond donors (Lipinski definition) is 1. The summed E-state index contributed by atoms with van der Waals surface area (Å²) in [5, 5.41) is 3.53. The predicted octanol–water partition coefficient (Wildman–Crippen LogP) is 3.92. The molecule has 1 unspecified atom stereocenters. The fourth-order valence-corrected chi connectivity index (χ4v) is 3.29. The van der Waals surface area contributed by atoms with Crippen molar-refractivity contribution >= 4 is 40.7 Å². The normalized spacial score (nSPS) is 17.0. The molecule has 2 amide bonds. The first-order valence-electron chi connectivity index (χ1n) is 7.73. The zero-order chi connectivity index (χ0) is 18.0. The van der Waals surface area contributed by atoms with E-state index in [2.05, 4.69) is 5.32 Å². The van der Waals surface area contributed by atoms with Gasteiger partial charge in [0.05, 0.1) is 10.6 Å². The van der Waals surface area contributed by atoms with Crippen LogP contribution in [0, 0.1) is 11.7 Å². The SMILES string of the molecule is O=C(NCC1CC(=O)N(c2ccc(F)cc2)C1)c1ccc(Cl)cc1Cl. The molecule has 25 heavy (non-hydrogen) atoms. The minimum absolute atomic E-state index is 0.0208. The molecular formula is C18H15Cl2FN2O2. The van der Waals surface area contributed by atoms with Gasteiger partial charge >= 0.3 is 0 Å². The third kappa shape index (κ3) is 4.11. The van der Waals surface area contributed by atoms with Crippen molar-refractivity contribution in [2.45, 2.75) is 6.42 Å². The topological polar surface area (TPSA) is 49.4 Å². The Balaban J connectivity index is 1.60. The van der Waals surface area contributed by atoms with Crippen molar-refractivity contribution in [2.75, 3.05) is 18.0 Å². The average molecular weight is 381 g/mol. The van der Waals surface area contributed by atoms with Crippen molar-refractivity contribution in [3.8, 4) is 0 Å². The molecule has 7 heteroatoms. The van der Waals surface area contributed by atoms with E-state index in [0.29, 0.717) is 35.8 Å². The van der Waals surface area contributed by atoms with E-state index in [9.17, 15) is 14.0 Å². The number of nitrogens with zero attached hydrogens (tertiary/aromatic N) is 1. The van der Waals surface area contributed by atoms with Gasteiger partial charge in [-0.05, 0) is 42.5 Å². The van der Waals surface area contributed by atoms with Crippen molar-refractivity contribution in [1.82, 2.24) is 5.32 Å². The smallest absolute Gasteiger partial charge is 0.252 e. The van der Waals surface area contributed by atoms with Crippen LogP contribution in [0.25, 0.3) is 0 Å². The average Bonchev–Trinajstić information content (AvgIpc) is 2.94. The van der Waals surface area contributed by atoms with Gasteiger partial charge in [-0.2, -0.15) is 0 Å². The Kier molecular flexibility index (Phi) is 5.25. The van der Waals surface area contributed by atoms with Crippen LogP contribution >= 0.6 is 23.2 Å². The number of benzene rings is 2. The zero-order valence-electron chi connectivity index (χ0n) is 13.1. The first-order valence-corrected chi connectivity index (χ1v) is 8.49. The first-order chi connectivity index (χ1) is 11.9. The summed E-state index contributed by atoms with van der Waals surface area (Å²) in [5.74, 6) is -0.726. The lowest BCUT2D eigenvalue weighted by molar-refractivity contribution is -0.117. The van der Waals surface area contributed by atoms with Crippen LogP contribution in [0.3, 0.4) is 0 Å². The quantitative estimate of drug-likeness (QED) is 0.873. The van der Waals surface area contributed by atoms with E-state index in [1.807, 2.05) is 0 Å². The standard InChI is InChI=1S/C18H15Cl2FN2O2/c19-12-1-6-15(16(20)8-12)18(25)22-9-11-7-17(24)23(10-11)14-4-2-13(21)3-5-14/h1-6,8,11H,7,9-10H2,(H,22,25). The van der Waals surface area contributed by atoms with Crippen LogP contribution in [0.4, 0.5) is 10.1 Å². The molecule has 0 radical (unpaired) electrons. The van der Waals surface area contributed by atoms with Crippen LogP contribution in [-0.2, 0) is 4.79 Å². The minimum atomic E-state index is -0.348. The van der Waals surface area contributed by atoms with Crippen LogP contribution in [0.1, 0.15) is 16.8 Å². The molecule has 0 aliphatic carbocycles. The van der Waals surface area contributed by atoms with Crippen molar-refractivity contribution < 1.29 is 14.0 Å². The van der Waals surface area contributed by atoms with E-state index in [0.717, 1.165) is 0 Å². The van der Waals surface area contributed by atoms with Gasteiger partial charge in [-0.25, -0.2) is 4.39 Å². The molecule has 1 N–H and O–H groups in total. The number of rotatable bonds is 4. The summed E-state index contributed by atoms with van der Waals surface area (Å²) >= 11 is 11.8. The number of anilines is 1. The van der Waals surface area contributed by atoms with Crippen molar-refractivity contribution in [2.24, 2.45) is 5.92 Å². The summed E-state index contributed by atoms with van der Waals surface area (Å²) in [7, 11) is 0. The van der Waals surface area contributed by atoms with Gasteiger partial charge in [-0.15, -0.1) is 0 Å². The second kappa shape index (κ2) is 7.42. The number of halogens is 3. The van der Waals surface area contributed by atoms with Crippen LogP contribution in [-0.4, -0.2) is 24.9 Å². The third-order valence-electron chi connectivity index (χ3n) is 4.07. The summed E-state index contributed by atoms with van der Waals surface area (Å²) in [4.78, 5) is 26.0. The van der Waals surface area contributed by atoms with Crippen LogP contribution < -0.4 is 10.2 Å². The number of hydrogen-bond acceptors (Lipinski definition) is 2. The summed E-state index contributed by atoms with van der Waals surface area (Å²) < 4.78 is 13.0. The fourth-order valence-electron chi connectivity index (χ4n) is 2.79. The monoisotopic (exact) mass is 380 g/mol. The largest absolute Gasteiger partial charge is 0.352 e. The molecule has 1 aliphatic rings. The molecule has 2 aromatic carbocycles. The van der Waals surface area contributed by atoms with E-state index in [-0.39, 0.29) is 28.6 Å². The molecule has 0 aromatic heterocycles. The van der Waals surface area contributed by atoms with Gasteiger partial charge in [-0.3, -0.25) is 9.59 Å². The van der Waals surface area contributed by atoms with Gasteiger partial charge < -0.3 is 10.2 Å². The van der Waals surface area contributed by atoms with E-state index in [4.69, 9.17) is 23.2 Å². The maximum Gasteiger partial charge on any atom is 0.252 e. The molecule has 1 heterocycles. The molecule has 130 valence electrons. The molecule has 0 bridgehead atoms. The minimum Gasteiger partial charge on any atom is -0.352 e. The Morgan fingerprint density at radius 3 is 2.60 bits per heavy atom. The van der Waals surface area contributed by atoms with Gasteiger partial charge in [-0.1, -0.05) is 23.2 Å². The summed E-state index contributed by atoms with van der Waals surface area (Å²) in [6.45, 7) is 0.820. The maximum atomic E-state index is 13.0. The molecule has 3 rings (SSSR count). The van der Waals surface area contributed by atoms with E-state index in [1.165, 1.54) is 18.2 Å². The third-order valence-corrected chi connectivity index (χ3v) is 4.62. The highest BCUT2D eigenvalue weighted by Gasteiger charge is 2.30. The molecule has 0 spiro atoms. The maximum absolute atomic E-state index is 13.0. The number of carbonyl (C=O) groups is 2. The highest BCUT2D eigenvalue weighted by Crippen LogP contribution is 2.25.